The first kappa shape index (κ1) is 54.6. The van der Waals surface area contributed by atoms with Gasteiger partial charge in [-0.1, -0.05) is 179 Å². The van der Waals surface area contributed by atoms with Crippen molar-refractivity contribution in [3.63, 3.8) is 0 Å². The van der Waals surface area contributed by atoms with Crippen molar-refractivity contribution in [2.24, 2.45) is 0 Å². The van der Waals surface area contributed by atoms with E-state index in [0.717, 1.165) is 83.5 Å². The van der Waals surface area contributed by atoms with Crippen LogP contribution in [-0.2, 0) is 28.6 Å². The molecule has 0 aliphatic rings. The lowest BCUT2D eigenvalue weighted by molar-refractivity contribution is -0.167. The Morgan fingerprint density at radius 2 is 0.596 bits per heavy atom. The van der Waals surface area contributed by atoms with Gasteiger partial charge in [0.05, 0.1) is 0 Å². The summed E-state index contributed by atoms with van der Waals surface area (Å²) in [6.45, 7) is 6.56. The van der Waals surface area contributed by atoms with Crippen LogP contribution in [0, 0.1) is 0 Å². The maximum Gasteiger partial charge on any atom is 0.306 e. The Morgan fingerprint density at radius 1 is 0.333 bits per heavy atom. The van der Waals surface area contributed by atoms with E-state index >= 15 is 0 Å². The zero-order chi connectivity index (χ0) is 41.5. The van der Waals surface area contributed by atoms with E-state index in [1.807, 2.05) is 0 Å². The van der Waals surface area contributed by atoms with Gasteiger partial charge in [-0.15, -0.1) is 0 Å². The first-order chi connectivity index (χ1) is 28.0. The van der Waals surface area contributed by atoms with Crippen LogP contribution in [-0.4, -0.2) is 37.2 Å². The maximum atomic E-state index is 12.7. The predicted octanol–water partition coefficient (Wildman–Crippen LogP) is 15.8. The normalized spacial score (nSPS) is 12.3. The molecule has 0 amide bonds. The lowest BCUT2D eigenvalue weighted by Gasteiger charge is -2.18. The van der Waals surface area contributed by atoms with Crippen molar-refractivity contribution in [2.45, 2.75) is 258 Å². The molecule has 0 aromatic heterocycles. The molecule has 0 radical (unpaired) electrons. The number of esters is 3. The highest BCUT2D eigenvalue weighted by Crippen LogP contribution is 2.14. The second-order valence-corrected chi connectivity index (χ2v) is 16.4. The van der Waals surface area contributed by atoms with Crippen LogP contribution in [0.25, 0.3) is 0 Å². The van der Waals surface area contributed by atoms with Crippen LogP contribution in [0.1, 0.15) is 252 Å². The lowest BCUT2D eigenvalue weighted by atomic mass is 10.1. The van der Waals surface area contributed by atoms with Gasteiger partial charge in [0.25, 0.3) is 0 Å². The van der Waals surface area contributed by atoms with Gasteiger partial charge in [0, 0.05) is 19.3 Å². The van der Waals surface area contributed by atoms with Crippen molar-refractivity contribution in [3.8, 4) is 0 Å². The molecule has 0 saturated carbocycles. The number of hydrogen-bond acceptors (Lipinski definition) is 6. The molecule has 332 valence electrons. The lowest BCUT2D eigenvalue weighted by Crippen LogP contribution is -2.30. The van der Waals surface area contributed by atoms with Crippen molar-refractivity contribution in [3.05, 3.63) is 36.5 Å². The van der Waals surface area contributed by atoms with E-state index in [-0.39, 0.29) is 31.1 Å². The molecule has 0 N–H and O–H groups in total. The molecule has 6 heteroatoms. The Hall–Kier alpha value is -2.37. The number of carbonyl (C=O) groups excluding carboxylic acids is 3. The van der Waals surface area contributed by atoms with Crippen LogP contribution in [0.2, 0.25) is 0 Å². The van der Waals surface area contributed by atoms with Gasteiger partial charge < -0.3 is 14.2 Å². The number of unbranched alkanes of at least 4 members (excludes halogenated alkanes) is 27. The van der Waals surface area contributed by atoms with E-state index in [0.29, 0.717) is 19.3 Å². The van der Waals surface area contributed by atoms with Gasteiger partial charge in [0.2, 0.25) is 0 Å². The molecular formula is C51H92O6. The van der Waals surface area contributed by atoms with Gasteiger partial charge in [-0.2, -0.15) is 0 Å². The summed E-state index contributed by atoms with van der Waals surface area (Å²) in [7, 11) is 0. The molecule has 0 aromatic carbocycles. The molecule has 0 rings (SSSR count). The summed E-state index contributed by atoms with van der Waals surface area (Å²) < 4.78 is 16.7. The summed E-state index contributed by atoms with van der Waals surface area (Å²) in [5, 5.41) is 0. The zero-order valence-corrected chi connectivity index (χ0v) is 37.9. The van der Waals surface area contributed by atoms with Crippen LogP contribution >= 0.6 is 0 Å². The first-order valence-corrected chi connectivity index (χ1v) is 24.5. The molecular weight excluding hydrogens is 709 g/mol. The topological polar surface area (TPSA) is 78.9 Å². The molecule has 0 fully saturated rings. The van der Waals surface area contributed by atoms with Crippen molar-refractivity contribution >= 4 is 17.9 Å². The largest absolute Gasteiger partial charge is 0.462 e. The Labute approximate surface area is 353 Å². The van der Waals surface area contributed by atoms with E-state index in [2.05, 4.69) is 57.2 Å². The Balaban J connectivity index is 4.39. The third kappa shape index (κ3) is 44.6. The van der Waals surface area contributed by atoms with Crippen molar-refractivity contribution < 1.29 is 28.6 Å². The Morgan fingerprint density at radius 3 is 0.930 bits per heavy atom. The maximum absolute atomic E-state index is 12.7. The minimum absolute atomic E-state index is 0.0814. The number of rotatable bonds is 44. The summed E-state index contributed by atoms with van der Waals surface area (Å²) in [6.07, 6.45) is 52.6. The highest BCUT2D eigenvalue weighted by molar-refractivity contribution is 5.71. The standard InChI is InChI=1S/C51H92O6/c1-4-7-10-13-16-19-22-24-26-29-32-35-38-41-44-50(53)56-47-48(46-55-49(52)43-40-37-34-31-28-21-18-15-12-9-6-3)57-51(54)45-42-39-36-33-30-27-25-23-20-17-14-11-8-5-2/h15,18,22-25,48H,4-14,16-17,19-21,26-47H2,1-3H3/b18-15-,24-22-,25-23-/t48-/m1/s1. The summed E-state index contributed by atoms with van der Waals surface area (Å²) >= 11 is 0. The molecule has 0 aliphatic heterocycles. The van der Waals surface area contributed by atoms with E-state index in [1.54, 1.807) is 0 Å². The molecule has 0 saturated heterocycles. The minimum Gasteiger partial charge on any atom is -0.462 e. The van der Waals surface area contributed by atoms with Gasteiger partial charge in [0.15, 0.2) is 6.10 Å². The quantitative estimate of drug-likeness (QED) is 0.0264. The third-order valence-electron chi connectivity index (χ3n) is 10.6. The van der Waals surface area contributed by atoms with E-state index in [1.165, 1.54) is 128 Å². The number of carbonyl (C=O) groups is 3. The molecule has 0 unspecified atom stereocenters. The second-order valence-electron chi connectivity index (χ2n) is 16.4. The number of ether oxygens (including phenoxy) is 3. The van der Waals surface area contributed by atoms with Crippen LogP contribution in [0.4, 0.5) is 0 Å². The average molecular weight is 801 g/mol. The fourth-order valence-electron chi connectivity index (χ4n) is 6.82. The van der Waals surface area contributed by atoms with Gasteiger partial charge in [-0.3, -0.25) is 14.4 Å². The van der Waals surface area contributed by atoms with Crippen LogP contribution in [0.5, 0.6) is 0 Å². The number of hydrogen-bond donors (Lipinski definition) is 0. The van der Waals surface area contributed by atoms with Crippen LogP contribution in [0.3, 0.4) is 0 Å². The summed E-state index contributed by atoms with van der Waals surface area (Å²) in [4.78, 5) is 37.8. The first-order valence-electron chi connectivity index (χ1n) is 24.5. The van der Waals surface area contributed by atoms with Crippen molar-refractivity contribution in [2.75, 3.05) is 13.2 Å². The highest BCUT2D eigenvalue weighted by atomic mass is 16.6. The van der Waals surface area contributed by atoms with Crippen molar-refractivity contribution in [1.82, 2.24) is 0 Å². The molecule has 0 bridgehead atoms. The molecule has 0 heterocycles. The molecule has 1 atom stereocenters. The Bertz CT molecular complexity index is 969. The fourth-order valence-corrected chi connectivity index (χ4v) is 6.82. The molecule has 6 nitrogen and oxygen atoms in total. The molecule has 57 heavy (non-hydrogen) atoms. The van der Waals surface area contributed by atoms with Crippen LogP contribution in [0.15, 0.2) is 36.5 Å². The summed E-state index contributed by atoms with van der Waals surface area (Å²) in [6, 6.07) is 0. The van der Waals surface area contributed by atoms with Crippen molar-refractivity contribution in [1.29, 1.82) is 0 Å². The van der Waals surface area contributed by atoms with Gasteiger partial charge >= 0.3 is 17.9 Å². The average Bonchev–Trinajstić information content (AvgIpc) is 3.21. The Kier molecular flexibility index (Phi) is 44.4. The van der Waals surface area contributed by atoms with Crippen LogP contribution < -0.4 is 0 Å². The van der Waals surface area contributed by atoms with E-state index in [9.17, 15) is 14.4 Å². The zero-order valence-electron chi connectivity index (χ0n) is 37.9. The highest BCUT2D eigenvalue weighted by Gasteiger charge is 2.19. The number of allylic oxidation sites excluding steroid dienone is 6. The minimum atomic E-state index is -0.779. The van der Waals surface area contributed by atoms with E-state index in [4.69, 9.17) is 14.2 Å². The van der Waals surface area contributed by atoms with Gasteiger partial charge in [-0.25, -0.2) is 0 Å². The fraction of sp³-hybridized carbons (Fsp3) is 0.824. The molecule has 0 aromatic rings. The van der Waals surface area contributed by atoms with Gasteiger partial charge in [0.1, 0.15) is 13.2 Å². The molecule has 0 aliphatic carbocycles. The van der Waals surface area contributed by atoms with Gasteiger partial charge in [-0.05, 0) is 89.9 Å². The molecule has 0 spiro atoms. The smallest absolute Gasteiger partial charge is 0.306 e. The van der Waals surface area contributed by atoms with E-state index < -0.39 is 6.10 Å². The SMILES string of the molecule is CCCC/C=C\CCCCCCCC(=O)OC[C@H](COC(=O)CCCCCCC/C=C\CCCCCCC)OC(=O)CCCCCCC/C=C\CCCCCCC. The summed E-state index contributed by atoms with van der Waals surface area (Å²) in [5.41, 5.74) is 0. The second kappa shape index (κ2) is 46.3. The third-order valence-corrected chi connectivity index (χ3v) is 10.6. The summed E-state index contributed by atoms with van der Waals surface area (Å²) in [5.74, 6) is -0.903. The monoisotopic (exact) mass is 801 g/mol. The predicted molar refractivity (Wildman–Crippen MR) is 242 cm³/mol.